The summed E-state index contributed by atoms with van der Waals surface area (Å²) in [7, 11) is 0. The quantitative estimate of drug-likeness (QED) is 0.511. The zero-order chi connectivity index (χ0) is 19.7. The van der Waals surface area contributed by atoms with Crippen molar-refractivity contribution in [2.75, 3.05) is 0 Å². The fourth-order valence-corrected chi connectivity index (χ4v) is 3.93. The molecule has 1 aliphatic heterocycles. The topological polar surface area (TPSA) is 82.5 Å². The fraction of sp³-hybridized carbons (Fsp3) is 0. The second-order valence-corrected chi connectivity index (χ2v) is 7.60. The molecule has 2 N–H and O–H groups in total. The molecular weight excluding hydrogens is 394 g/mol. The van der Waals surface area contributed by atoms with Crippen LogP contribution in [-0.2, 0) is 4.79 Å². The summed E-state index contributed by atoms with van der Waals surface area (Å²) in [5.74, 6) is -0.991. The number of benzene rings is 2. The van der Waals surface area contributed by atoms with Crippen molar-refractivity contribution in [1.29, 1.82) is 0 Å². The number of nitrogens with one attached hydrogen (secondary N) is 1. The highest BCUT2D eigenvalue weighted by molar-refractivity contribution is 8.26. The number of nitrogens with zero attached hydrogens (tertiary/aromatic N) is 2. The van der Waals surface area contributed by atoms with Gasteiger partial charge in [0.25, 0.3) is 11.8 Å². The van der Waals surface area contributed by atoms with Crippen LogP contribution in [-0.4, -0.2) is 31.2 Å². The van der Waals surface area contributed by atoms with Gasteiger partial charge in [0.2, 0.25) is 0 Å². The Morgan fingerprint density at radius 2 is 2.00 bits per heavy atom. The molecule has 8 heteroatoms. The van der Waals surface area contributed by atoms with Gasteiger partial charge in [0.05, 0.1) is 10.4 Å². The van der Waals surface area contributed by atoms with Crippen LogP contribution in [0.4, 0.5) is 0 Å². The van der Waals surface area contributed by atoms with Crippen molar-refractivity contribution in [3.05, 3.63) is 76.8 Å². The average Bonchev–Trinajstić information content (AvgIpc) is 2.95. The maximum absolute atomic E-state index is 12.8. The maximum atomic E-state index is 12.8. The Hall–Kier alpha value is -3.23. The Bertz CT molecular complexity index is 1150. The number of fused-ring (bicyclic) bond motifs is 1. The van der Waals surface area contributed by atoms with Gasteiger partial charge in [-0.05, 0) is 54.2 Å². The molecule has 138 valence electrons. The lowest BCUT2D eigenvalue weighted by atomic mass is 10.1. The van der Waals surface area contributed by atoms with Gasteiger partial charge in [-0.25, -0.2) is 0 Å². The maximum Gasteiger partial charge on any atom is 0.285 e. The van der Waals surface area contributed by atoms with Gasteiger partial charge < -0.3 is 5.11 Å². The second kappa shape index (κ2) is 7.41. The monoisotopic (exact) mass is 407 g/mol. The molecule has 0 radical (unpaired) electrons. The van der Waals surface area contributed by atoms with Crippen LogP contribution in [0, 0.1) is 0 Å². The van der Waals surface area contributed by atoms with Crippen molar-refractivity contribution in [1.82, 2.24) is 15.4 Å². The number of carbonyl (C=O) groups is 2. The zero-order valence-electron chi connectivity index (χ0n) is 14.3. The normalized spacial score (nSPS) is 15.4. The summed E-state index contributed by atoms with van der Waals surface area (Å²) in [6.45, 7) is 0. The molecule has 6 nitrogen and oxygen atoms in total. The first-order chi connectivity index (χ1) is 13.5. The molecule has 2 heterocycles. The highest BCUT2D eigenvalue weighted by atomic mass is 32.2. The van der Waals surface area contributed by atoms with Gasteiger partial charge in [-0.15, -0.1) is 0 Å². The summed E-state index contributed by atoms with van der Waals surface area (Å²) in [6.07, 6.45) is 3.42. The van der Waals surface area contributed by atoms with Gasteiger partial charge in [-0.3, -0.25) is 20.0 Å². The molecule has 0 saturated carbocycles. The summed E-state index contributed by atoms with van der Waals surface area (Å²) in [4.78, 5) is 29.8. The lowest BCUT2D eigenvalue weighted by molar-refractivity contribution is -0.123. The molecule has 3 aromatic rings. The molecule has 4 rings (SSSR count). The van der Waals surface area contributed by atoms with Crippen LogP contribution in [0.2, 0.25) is 0 Å². The number of phenols is 1. The number of carbonyl (C=O) groups excluding carboxylic acids is 2. The van der Waals surface area contributed by atoms with Crippen molar-refractivity contribution in [2.24, 2.45) is 0 Å². The predicted octanol–water partition coefficient (Wildman–Crippen LogP) is 3.49. The molecule has 2 aromatic carbocycles. The van der Waals surface area contributed by atoms with Gasteiger partial charge >= 0.3 is 0 Å². The smallest absolute Gasteiger partial charge is 0.285 e. The van der Waals surface area contributed by atoms with Gasteiger partial charge in [0, 0.05) is 17.1 Å². The molecule has 0 bridgehead atoms. The number of para-hydroxylation sites is 1. The molecule has 1 saturated heterocycles. The standard InChI is InChI=1S/C20H13N3O3S2/c24-14-5-3-4-13(10-14)18(25)22-23-19(26)17(28-20(23)27)11-12-8-9-21-16-7-2-1-6-15(12)16/h1-11,24H,(H,22,25). The van der Waals surface area contributed by atoms with E-state index in [9.17, 15) is 14.7 Å². The van der Waals surface area contributed by atoms with E-state index in [1.807, 2.05) is 30.3 Å². The van der Waals surface area contributed by atoms with Crippen molar-refractivity contribution < 1.29 is 14.7 Å². The molecule has 1 aliphatic rings. The van der Waals surface area contributed by atoms with Crippen molar-refractivity contribution in [3.8, 4) is 5.75 Å². The van der Waals surface area contributed by atoms with Gasteiger partial charge in [0.15, 0.2) is 4.32 Å². The van der Waals surface area contributed by atoms with Crippen LogP contribution in [0.3, 0.4) is 0 Å². The van der Waals surface area contributed by atoms with Crippen LogP contribution >= 0.6 is 24.0 Å². The number of thiocarbonyl (C=S) groups is 1. The number of hydrogen-bond donors (Lipinski definition) is 2. The second-order valence-electron chi connectivity index (χ2n) is 5.93. The first-order valence-electron chi connectivity index (χ1n) is 8.24. The van der Waals surface area contributed by atoms with E-state index < -0.39 is 11.8 Å². The van der Waals surface area contributed by atoms with E-state index in [0.717, 1.165) is 33.2 Å². The number of pyridine rings is 1. The van der Waals surface area contributed by atoms with Crippen LogP contribution in [0.1, 0.15) is 15.9 Å². The first-order valence-corrected chi connectivity index (χ1v) is 9.47. The molecule has 0 spiro atoms. The van der Waals surface area contributed by atoms with E-state index >= 15 is 0 Å². The van der Waals surface area contributed by atoms with E-state index in [1.54, 1.807) is 18.3 Å². The molecule has 1 aromatic heterocycles. The first kappa shape index (κ1) is 18.1. The number of thioether (sulfide) groups is 1. The minimum Gasteiger partial charge on any atom is -0.508 e. The molecule has 1 fully saturated rings. The Balaban J connectivity index is 1.60. The third-order valence-corrected chi connectivity index (χ3v) is 5.39. The summed E-state index contributed by atoms with van der Waals surface area (Å²) in [5.41, 5.74) is 4.38. The van der Waals surface area contributed by atoms with Gasteiger partial charge in [0.1, 0.15) is 5.75 Å². The average molecular weight is 407 g/mol. The van der Waals surface area contributed by atoms with E-state index in [-0.39, 0.29) is 15.6 Å². The molecule has 0 unspecified atom stereocenters. The van der Waals surface area contributed by atoms with Gasteiger partial charge in [-0.2, -0.15) is 5.01 Å². The fourth-order valence-electron chi connectivity index (χ4n) is 2.76. The van der Waals surface area contributed by atoms with Crippen LogP contribution in [0.15, 0.2) is 65.7 Å². The van der Waals surface area contributed by atoms with Gasteiger partial charge in [-0.1, -0.05) is 36.0 Å². The zero-order valence-corrected chi connectivity index (χ0v) is 16.0. The Kier molecular flexibility index (Phi) is 4.81. The molecular formula is C20H13N3O3S2. The minimum absolute atomic E-state index is 0.0394. The Morgan fingerprint density at radius 1 is 1.18 bits per heavy atom. The largest absolute Gasteiger partial charge is 0.508 e. The highest BCUT2D eigenvalue weighted by Crippen LogP contribution is 2.32. The van der Waals surface area contributed by atoms with E-state index in [0.29, 0.717) is 4.91 Å². The number of hydrazine groups is 1. The number of rotatable bonds is 3. The van der Waals surface area contributed by atoms with Crippen LogP contribution in [0.25, 0.3) is 17.0 Å². The van der Waals surface area contributed by atoms with Crippen molar-refractivity contribution >= 4 is 57.1 Å². The molecule has 2 amide bonds. The van der Waals surface area contributed by atoms with E-state index in [1.165, 1.54) is 18.2 Å². The van der Waals surface area contributed by atoms with E-state index in [4.69, 9.17) is 12.2 Å². The van der Waals surface area contributed by atoms with Crippen LogP contribution in [0.5, 0.6) is 5.75 Å². The van der Waals surface area contributed by atoms with Crippen molar-refractivity contribution in [2.45, 2.75) is 0 Å². The Morgan fingerprint density at radius 3 is 2.82 bits per heavy atom. The van der Waals surface area contributed by atoms with Crippen LogP contribution < -0.4 is 5.43 Å². The summed E-state index contributed by atoms with van der Waals surface area (Å²) < 4.78 is 0.225. The number of aromatic nitrogens is 1. The number of hydrogen-bond acceptors (Lipinski definition) is 6. The predicted molar refractivity (Wildman–Crippen MR) is 112 cm³/mol. The van der Waals surface area contributed by atoms with Crippen molar-refractivity contribution in [3.63, 3.8) is 0 Å². The molecule has 0 aliphatic carbocycles. The Labute approximate surface area is 169 Å². The highest BCUT2D eigenvalue weighted by Gasteiger charge is 2.34. The lowest BCUT2D eigenvalue weighted by Crippen LogP contribution is -2.44. The number of amides is 2. The summed E-state index contributed by atoms with van der Waals surface area (Å²) in [6, 6.07) is 15.3. The molecule has 28 heavy (non-hydrogen) atoms. The van der Waals surface area contributed by atoms with E-state index in [2.05, 4.69) is 10.4 Å². The third kappa shape index (κ3) is 3.47. The third-order valence-electron chi connectivity index (χ3n) is 4.08. The SMILES string of the molecule is O=C(NN1C(=O)C(=Cc2ccnc3ccccc23)SC1=S)c1cccc(O)c1. The number of aromatic hydroxyl groups is 1. The summed E-state index contributed by atoms with van der Waals surface area (Å²) in [5, 5.41) is 11.5. The number of phenolic OH excluding ortho intramolecular Hbond substituents is 1. The molecule has 0 atom stereocenters. The lowest BCUT2D eigenvalue weighted by Gasteiger charge is -2.15. The summed E-state index contributed by atoms with van der Waals surface area (Å²) >= 11 is 6.36. The minimum atomic E-state index is -0.539.